The van der Waals surface area contributed by atoms with E-state index in [0.717, 1.165) is 22.9 Å². The van der Waals surface area contributed by atoms with E-state index in [1.807, 2.05) is 38.1 Å². The van der Waals surface area contributed by atoms with Crippen LogP contribution in [0.2, 0.25) is 0 Å². The molecule has 1 aromatic carbocycles. The number of hydrogen-bond acceptors (Lipinski definition) is 3. The highest BCUT2D eigenvalue weighted by molar-refractivity contribution is 9.10. The summed E-state index contributed by atoms with van der Waals surface area (Å²) in [5, 5.41) is 3.90. The van der Waals surface area contributed by atoms with Gasteiger partial charge < -0.3 is 4.74 Å². The molecule has 24 heavy (non-hydrogen) atoms. The minimum Gasteiger partial charge on any atom is -0.483 e. The van der Waals surface area contributed by atoms with Crippen LogP contribution in [0.4, 0.5) is 0 Å². The van der Waals surface area contributed by atoms with E-state index >= 15 is 0 Å². The number of benzene rings is 1. The van der Waals surface area contributed by atoms with Gasteiger partial charge in [0.2, 0.25) is 0 Å². The first-order valence-corrected chi connectivity index (χ1v) is 8.67. The van der Waals surface area contributed by atoms with Crippen molar-refractivity contribution in [3.63, 3.8) is 0 Å². The van der Waals surface area contributed by atoms with Crippen molar-refractivity contribution in [2.45, 2.75) is 40.5 Å². The number of carbonyl (C=O) groups excluding carboxylic acids is 1. The lowest BCUT2D eigenvalue weighted by Crippen LogP contribution is -2.24. The van der Waals surface area contributed by atoms with Crippen molar-refractivity contribution in [3.8, 4) is 5.75 Å². The van der Waals surface area contributed by atoms with Gasteiger partial charge in [-0.25, -0.2) is 5.43 Å². The summed E-state index contributed by atoms with van der Waals surface area (Å²) in [5.74, 6) is 0.337. The van der Waals surface area contributed by atoms with Gasteiger partial charge in [-0.3, -0.25) is 4.79 Å². The van der Waals surface area contributed by atoms with Crippen LogP contribution in [-0.4, -0.2) is 18.7 Å². The van der Waals surface area contributed by atoms with Gasteiger partial charge in [-0.1, -0.05) is 23.3 Å². The molecule has 4 nitrogen and oxygen atoms in total. The van der Waals surface area contributed by atoms with E-state index in [9.17, 15) is 4.79 Å². The van der Waals surface area contributed by atoms with E-state index in [1.54, 1.807) is 6.21 Å². The lowest BCUT2D eigenvalue weighted by atomic mass is 10.1. The van der Waals surface area contributed by atoms with E-state index < -0.39 is 0 Å². The lowest BCUT2D eigenvalue weighted by molar-refractivity contribution is -0.123. The van der Waals surface area contributed by atoms with Gasteiger partial charge in [0.25, 0.3) is 5.91 Å². The molecule has 5 heteroatoms. The first kappa shape index (κ1) is 20.2. The molecule has 0 bridgehead atoms. The fourth-order valence-corrected chi connectivity index (χ4v) is 2.45. The van der Waals surface area contributed by atoms with Gasteiger partial charge >= 0.3 is 0 Å². The van der Waals surface area contributed by atoms with Crippen LogP contribution in [0, 0.1) is 6.92 Å². The highest BCUT2D eigenvalue weighted by Gasteiger charge is 2.04. The van der Waals surface area contributed by atoms with Crippen molar-refractivity contribution in [2.24, 2.45) is 5.10 Å². The van der Waals surface area contributed by atoms with Crippen LogP contribution in [0.15, 0.2) is 51.1 Å². The maximum absolute atomic E-state index is 11.7. The maximum Gasteiger partial charge on any atom is 0.277 e. The zero-order valence-electron chi connectivity index (χ0n) is 14.7. The highest BCUT2D eigenvalue weighted by Crippen LogP contribution is 2.25. The molecule has 0 aliphatic heterocycles. The number of ether oxygens (including phenoxy) is 1. The number of carbonyl (C=O) groups is 1. The van der Waals surface area contributed by atoms with Crippen molar-refractivity contribution in [2.75, 3.05) is 6.61 Å². The topological polar surface area (TPSA) is 50.7 Å². The van der Waals surface area contributed by atoms with Crippen LogP contribution in [-0.2, 0) is 4.79 Å². The monoisotopic (exact) mass is 392 g/mol. The third kappa shape index (κ3) is 8.67. The van der Waals surface area contributed by atoms with Gasteiger partial charge in [-0.2, -0.15) is 5.10 Å². The zero-order valence-corrected chi connectivity index (χ0v) is 16.3. The molecule has 0 atom stereocenters. The average molecular weight is 393 g/mol. The van der Waals surface area contributed by atoms with E-state index in [-0.39, 0.29) is 12.5 Å². The first-order valence-electron chi connectivity index (χ1n) is 7.88. The summed E-state index contributed by atoms with van der Waals surface area (Å²) in [6.07, 6.45) is 7.70. The molecule has 0 aliphatic rings. The molecule has 0 spiro atoms. The summed E-state index contributed by atoms with van der Waals surface area (Å²) >= 11 is 3.41. The molecule has 1 N–H and O–H groups in total. The second-order valence-electron chi connectivity index (χ2n) is 5.87. The zero-order chi connectivity index (χ0) is 17.9. The third-order valence-electron chi connectivity index (χ3n) is 3.16. The Labute approximate surface area is 152 Å². The third-order valence-corrected chi connectivity index (χ3v) is 3.78. The Balaban J connectivity index is 2.33. The smallest absolute Gasteiger partial charge is 0.277 e. The summed E-state index contributed by atoms with van der Waals surface area (Å²) in [7, 11) is 0. The predicted octanol–water partition coefficient (Wildman–Crippen LogP) is 4.93. The average Bonchev–Trinajstić information content (AvgIpc) is 2.50. The Morgan fingerprint density at radius 3 is 2.75 bits per heavy atom. The standard InChI is InChI=1S/C19H25BrN2O2/c1-14(2)6-5-7-15(3)10-11-21-22-19(23)13-24-18-9-8-16(4)12-17(18)20/h6,8-12H,5,7,13H2,1-4H3,(H,22,23). The number of amides is 1. The second-order valence-corrected chi connectivity index (χ2v) is 6.72. The van der Waals surface area contributed by atoms with Crippen molar-refractivity contribution < 1.29 is 9.53 Å². The van der Waals surface area contributed by atoms with Crippen molar-refractivity contribution in [1.82, 2.24) is 5.43 Å². The van der Waals surface area contributed by atoms with Gasteiger partial charge in [0.05, 0.1) is 4.47 Å². The van der Waals surface area contributed by atoms with Crippen LogP contribution >= 0.6 is 15.9 Å². The number of nitrogens with zero attached hydrogens (tertiary/aromatic N) is 1. The number of aryl methyl sites for hydroxylation is 1. The van der Waals surface area contributed by atoms with Crippen LogP contribution in [0.25, 0.3) is 0 Å². The van der Waals surface area contributed by atoms with Crippen molar-refractivity contribution in [1.29, 1.82) is 0 Å². The van der Waals surface area contributed by atoms with Gasteiger partial charge in [-0.05, 0) is 80.2 Å². The van der Waals surface area contributed by atoms with Crippen LogP contribution in [0.3, 0.4) is 0 Å². The van der Waals surface area contributed by atoms with E-state index in [4.69, 9.17) is 4.74 Å². The number of hydrazone groups is 1. The fraction of sp³-hybridized carbons (Fsp3) is 0.368. The van der Waals surface area contributed by atoms with Gasteiger partial charge in [-0.15, -0.1) is 0 Å². The second kappa shape index (κ2) is 10.8. The Morgan fingerprint density at radius 2 is 2.08 bits per heavy atom. The Morgan fingerprint density at radius 1 is 1.33 bits per heavy atom. The highest BCUT2D eigenvalue weighted by atomic mass is 79.9. The molecule has 0 aromatic heterocycles. The summed E-state index contributed by atoms with van der Waals surface area (Å²) in [4.78, 5) is 11.7. The number of nitrogens with one attached hydrogen (secondary N) is 1. The molecule has 0 aliphatic carbocycles. The Hall–Kier alpha value is -1.88. The van der Waals surface area contributed by atoms with E-state index in [0.29, 0.717) is 5.75 Å². The number of halogens is 1. The summed E-state index contributed by atoms with van der Waals surface area (Å²) in [6, 6.07) is 5.70. The molecule has 0 heterocycles. The summed E-state index contributed by atoms with van der Waals surface area (Å²) < 4.78 is 6.28. The van der Waals surface area contributed by atoms with Gasteiger partial charge in [0.1, 0.15) is 5.75 Å². The maximum atomic E-state index is 11.7. The molecule has 1 amide bonds. The minimum atomic E-state index is -0.297. The van der Waals surface area contributed by atoms with Crippen LogP contribution < -0.4 is 10.2 Å². The van der Waals surface area contributed by atoms with E-state index in [2.05, 4.69) is 46.4 Å². The lowest BCUT2D eigenvalue weighted by Gasteiger charge is -2.07. The molecular weight excluding hydrogens is 368 g/mol. The molecule has 0 saturated carbocycles. The fourth-order valence-electron chi connectivity index (χ4n) is 1.84. The summed E-state index contributed by atoms with van der Waals surface area (Å²) in [5.41, 5.74) is 6.10. The summed E-state index contributed by atoms with van der Waals surface area (Å²) in [6.45, 7) is 8.14. The van der Waals surface area contributed by atoms with Crippen LogP contribution in [0.1, 0.15) is 39.2 Å². The molecule has 0 saturated heterocycles. The van der Waals surface area contributed by atoms with Crippen molar-refractivity contribution >= 4 is 28.1 Å². The first-order chi connectivity index (χ1) is 11.4. The number of rotatable bonds is 8. The predicted molar refractivity (Wildman–Crippen MR) is 103 cm³/mol. The van der Waals surface area contributed by atoms with Gasteiger partial charge in [0.15, 0.2) is 6.61 Å². The molecular formula is C19H25BrN2O2. The van der Waals surface area contributed by atoms with Gasteiger partial charge in [0, 0.05) is 6.21 Å². The molecule has 0 unspecified atom stereocenters. The molecule has 0 radical (unpaired) electrons. The molecule has 1 rings (SSSR count). The molecule has 0 fully saturated rings. The number of allylic oxidation sites excluding steroid dienone is 4. The quantitative estimate of drug-likeness (QED) is 0.387. The normalized spacial score (nSPS) is 11.5. The largest absolute Gasteiger partial charge is 0.483 e. The molecule has 1 aromatic rings. The minimum absolute atomic E-state index is 0.0811. The Kier molecular flexibility index (Phi) is 9.08. The van der Waals surface area contributed by atoms with E-state index in [1.165, 1.54) is 11.1 Å². The van der Waals surface area contributed by atoms with Crippen molar-refractivity contribution in [3.05, 3.63) is 51.5 Å². The number of hydrogen-bond donors (Lipinski definition) is 1. The van der Waals surface area contributed by atoms with Crippen LogP contribution in [0.5, 0.6) is 5.75 Å². The SMILES string of the molecule is CC(C)=CCCC(C)=CC=NNC(=O)COc1ccc(C)cc1Br. The molecule has 130 valence electrons. The Bertz CT molecular complexity index is 645.